The fourth-order valence-corrected chi connectivity index (χ4v) is 4.30. The van der Waals surface area contributed by atoms with Crippen molar-refractivity contribution in [3.8, 4) is 11.5 Å². The highest BCUT2D eigenvalue weighted by Gasteiger charge is 2.26. The van der Waals surface area contributed by atoms with Gasteiger partial charge in [-0.15, -0.1) is 0 Å². The van der Waals surface area contributed by atoms with Gasteiger partial charge in [0, 0.05) is 42.2 Å². The summed E-state index contributed by atoms with van der Waals surface area (Å²) in [6, 6.07) is 16.0. The Hall–Kier alpha value is -4.46. The van der Waals surface area contributed by atoms with Gasteiger partial charge in [-0.25, -0.2) is 19.9 Å². The van der Waals surface area contributed by atoms with Gasteiger partial charge in [0.05, 0.1) is 11.1 Å². The molecule has 1 aliphatic rings. The SMILES string of the molecule is Cc1cc(Nc2ncnc3ccc(CC4=NC(C)(C)CO4)cc23)ccc1Oc1ccn2ccnc2c1. The first kappa shape index (κ1) is 22.0. The lowest BCUT2D eigenvalue weighted by Crippen LogP contribution is -2.17. The second-order valence-electron chi connectivity index (χ2n) is 9.62. The number of ether oxygens (including phenoxy) is 2. The average molecular weight is 479 g/mol. The van der Waals surface area contributed by atoms with E-state index in [1.165, 1.54) is 0 Å². The number of aliphatic imine (C=N–C) groups is 1. The van der Waals surface area contributed by atoms with Gasteiger partial charge >= 0.3 is 0 Å². The van der Waals surface area contributed by atoms with E-state index in [9.17, 15) is 0 Å². The molecule has 0 unspecified atom stereocenters. The minimum atomic E-state index is -0.165. The Morgan fingerprint density at radius 2 is 1.94 bits per heavy atom. The Kier molecular flexibility index (Phi) is 5.29. The molecule has 1 N–H and O–H groups in total. The van der Waals surface area contributed by atoms with Crippen LogP contribution >= 0.6 is 0 Å². The molecule has 4 heterocycles. The summed E-state index contributed by atoms with van der Waals surface area (Å²) in [6.07, 6.45) is 7.82. The van der Waals surface area contributed by atoms with Crippen LogP contribution in [-0.2, 0) is 11.2 Å². The number of nitrogens with zero attached hydrogens (tertiary/aromatic N) is 5. The van der Waals surface area contributed by atoms with Crippen LogP contribution in [0.5, 0.6) is 11.5 Å². The summed E-state index contributed by atoms with van der Waals surface area (Å²) in [7, 11) is 0. The van der Waals surface area contributed by atoms with Crippen LogP contribution in [-0.4, -0.2) is 37.4 Å². The van der Waals surface area contributed by atoms with Gasteiger partial charge in [0.1, 0.15) is 35.9 Å². The minimum absolute atomic E-state index is 0.165. The van der Waals surface area contributed by atoms with E-state index in [2.05, 4.69) is 51.2 Å². The van der Waals surface area contributed by atoms with Crippen molar-refractivity contribution in [1.82, 2.24) is 19.4 Å². The zero-order chi connectivity index (χ0) is 24.7. The number of rotatable bonds is 6. The van der Waals surface area contributed by atoms with Crippen molar-refractivity contribution in [3.05, 3.63) is 84.6 Å². The number of fused-ring (bicyclic) bond motifs is 2. The van der Waals surface area contributed by atoms with E-state index in [4.69, 9.17) is 9.47 Å². The van der Waals surface area contributed by atoms with Crippen LogP contribution in [0.3, 0.4) is 0 Å². The highest BCUT2D eigenvalue weighted by Crippen LogP contribution is 2.30. The maximum Gasteiger partial charge on any atom is 0.188 e. The Balaban J connectivity index is 1.23. The Morgan fingerprint density at radius 1 is 1.03 bits per heavy atom. The summed E-state index contributed by atoms with van der Waals surface area (Å²) in [5, 5.41) is 4.40. The van der Waals surface area contributed by atoms with Crippen molar-refractivity contribution in [2.75, 3.05) is 11.9 Å². The first-order chi connectivity index (χ1) is 17.4. The normalized spacial score (nSPS) is 14.6. The van der Waals surface area contributed by atoms with Gasteiger partial charge in [0.15, 0.2) is 5.90 Å². The number of hydrogen-bond donors (Lipinski definition) is 1. The number of hydrogen-bond acceptors (Lipinski definition) is 7. The highest BCUT2D eigenvalue weighted by molar-refractivity contribution is 5.92. The van der Waals surface area contributed by atoms with Crippen LogP contribution in [0.2, 0.25) is 0 Å². The van der Waals surface area contributed by atoms with Crippen LogP contribution in [0.4, 0.5) is 11.5 Å². The molecular formula is C28H26N6O2. The van der Waals surface area contributed by atoms with Crippen molar-refractivity contribution in [2.24, 2.45) is 4.99 Å². The molecule has 8 nitrogen and oxygen atoms in total. The molecule has 0 aliphatic carbocycles. The van der Waals surface area contributed by atoms with Gasteiger partial charge in [0.25, 0.3) is 0 Å². The fourth-order valence-electron chi connectivity index (χ4n) is 4.30. The Labute approximate surface area is 208 Å². The Bertz CT molecular complexity index is 1620. The van der Waals surface area contributed by atoms with Gasteiger partial charge in [-0.1, -0.05) is 6.07 Å². The number of anilines is 2. The average Bonchev–Trinajstić information content (AvgIpc) is 3.46. The third-order valence-electron chi connectivity index (χ3n) is 6.11. The molecule has 0 fully saturated rings. The quantitative estimate of drug-likeness (QED) is 0.328. The third kappa shape index (κ3) is 4.45. The molecule has 1 aliphatic heterocycles. The number of aryl methyl sites for hydroxylation is 1. The van der Waals surface area contributed by atoms with Crippen molar-refractivity contribution < 1.29 is 9.47 Å². The van der Waals surface area contributed by atoms with Crippen LogP contribution in [0.25, 0.3) is 16.6 Å². The van der Waals surface area contributed by atoms with Gasteiger partial charge in [-0.2, -0.15) is 0 Å². The highest BCUT2D eigenvalue weighted by atomic mass is 16.5. The second-order valence-corrected chi connectivity index (χ2v) is 9.62. The largest absolute Gasteiger partial charge is 0.478 e. The maximum atomic E-state index is 6.13. The summed E-state index contributed by atoms with van der Waals surface area (Å²) in [4.78, 5) is 17.9. The summed E-state index contributed by atoms with van der Waals surface area (Å²) < 4.78 is 13.9. The monoisotopic (exact) mass is 478 g/mol. The van der Waals surface area contributed by atoms with Gasteiger partial charge in [0.2, 0.25) is 0 Å². The summed E-state index contributed by atoms with van der Waals surface area (Å²) in [5.74, 6) is 3.04. The van der Waals surface area contributed by atoms with E-state index in [1.54, 1.807) is 12.5 Å². The number of benzene rings is 2. The lowest BCUT2D eigenvalue weighted by atomic mass is 10.1. The zero-order valence-corrected chi connectivity index (χ0v) is 20.4. The van der Waals surface area contributed by atoms with Crippen LogP contribution in [0.15, 0.2) is 78.4 Å². The van der Waals surface area contributed by atoms with Gasteiger partial charge < -0.3 is 19.2 Å². The molecule has 8 heteroatoms. The molecule has 2 aromatic carbocycles. The van der Waals surface area contributed by atoms with Crippen molar-refractivity contribution in [3.63, 3.8) is 0 Å². The minimum Gasteiger partial charge on any atom is -0.478 e. The van der Waals surface area contributed by atoms with E-state index in [-0.39, 0.29) is 5.54 Å². The lowest BCUT2D eigenvalue weighted by Gasteiger charge is -2.13. The van der Waals surface area contributed by atoms with Crippen LogP contribution in [0.1, 0.15) is 25.0 Å². The summed E-state index contributed by atoms with van der Waals surface area (Å²) in [6.45, 7) is 6.79. The van der Waals surface area contributed by atoms with Gasteiger partial charge in [-0.05, 0) is 68.3 Å². The van der Waals surface area contributed by atoms with E-state index >= 15 is 0 Å². The number of nitrogens with one attached hydrogen (secondary N) is 1. The van der Waals surface area contributed by atoms with Gasteiger partial charge in [-0.3, -0.25) is 0 Å². The lowest BCUT2D eigenvalue weighted by molar-refractivity contribution is 0.275. The van der Waals surface area contributed by atoms with Crippen molar-refractivity contribution in [2.45, 2.75) is 32.7 Å². The summed E-state index contributed by atoms with van der Waals surface area (Å²) >= 11 is 0. The molecule has 0 bridgehead atoms. The number of pyridine rings is 1. The zero-order valence-electron chi connectivity index (χ0n) is 20.4. The first-order valence-electron chi connectivity index (χ1n) is 11.9. The van der Waals surface area contributed by atoms with E-state index < -0.39 is 0 Å². The molecule has 0 saturated heterocycles. The predicted octanol–water partition coefficient (Wildman–Crippen LogP) is 5.87. The van der Waals surface area contributed by atoms with Crippen LogP contribution in [0, 0.1) is 6.92 Å². The molecule has 3 aromatic heterocycles. The topological polar surface area (TPSA) is 85.9 Å². The van der Waals surface area contributed by atoms with Crippen molar-refractivity contribution in [1.29, 1.82) is 0 Å². The summed E-state index contributed by atoms with van der Waals surface area (Å²) in [5.41, 5.74) is 4.57. The molecule has 0 saturated carbocycles. The first-order valence-corrected chi connectivity index (χ1v) is 11.9. The standard InChI is InChI=1S/C28H26N6O2/c1-18-12-20(5-7-24(18)36-21-8-10-34-11-9-29-25(34)15-21)32-27-22-13-19(4-6-23(22)30-17-31-27)14-26-33-28(2,3)16-35-26/h4-13,15,17H,14,16H2,1-3H3,(H,30,31,32). The second kappa shape index (κ2) is 8.64. The van der Waals surface area contributed by atoms with E-state index in [0.717, 1.165) is 56.6 Å². The fraction of sp³-hybridized carbons (Fsp3) is 0.214. The van der Waals surface area contributed by atoms with E-state index in [1.807, 2.05) is 60.1 Å². The molecular weight excluding hydrogens is 452 g/mol. The molecule has 36 heavy (non-hydrogen) atoms. The van der Waals surface area contributed by atoms with Crippen molar-refractivity contribution >= 4 is 34.0 Å². The Morgan fingerprint density at radius 3 is 2.78 bits per heavy atom. The molecule has 5 aromatic rings. The van der Waals surface area contributed by atoms with Crippen LogP contribution < -0.4 is 10.1 Å². The predicted molar refractivity (Wildman–Crippen MR) is 140 cm³/mol. The molecule has 0 radical (unpaired) electrons. The molecule has 6 rings (SSSR count). The molecule has 180 valence electrons. The third-order valence-corrected chi connectivity index (χ3v) is 6.11. The maximum absolute atomic E-state index is 6.13. The molecule has 0 spiro atoms. The smallest absolute Gasteiger partial charge is 0.188 e. The molecule has 0 amide bonds. The number of imidazole rings is 1. The molecule has 0 atom stereocenters. The number of aromatic nitrogens is 4. The van der Waals surface area contributed by atoms with E-state index in [0.29, 0.717) is 13.0 Å².